The van der Waals surface area contributed by atoms with E-state index in [4.69, 9.17) is 11.6 Å². The fourth-order valence-corrected chi connectivity index (χ4v) is 3.49. The standard InChI is InChI=1S/C18H17ClF2N2OS/c19-14-2-1-3-15(12-14)22-8-10-23(11-9-22)17(24)13-4-6-16(7-5-13)25-18(20)21/h1-7,12,18H,8-11H2. The molecule has 1 fully saturated rings. The first kappa shape index (κ1) is 18.0. The zero-order chi connectivity index (χ0) is 17.8. The number of carbonyl (C=O) groups is 1. The Morgan fingerprint density at radius 3 is 2.32 bits per heavy atom. The first-order valence-corrected chi connectivity index (χ1v) is 9.13. The third-order valence-electron chi connectivity index (χ3n) is 4.07. The molecule has 132 valence electrons. The molecular formula is C18H17ClF2N2OS. The van der Waals surface area contributed by atoms with Crippen LogP contribution in [0.4, 0.5) is 14.5 Å². The molecule has 0 spiro atoms. The van der Waals surface area contributed by atoms with Crippen molar-refractivity contribution in [2.45, 2.75) is 10.7 Å². The molecular weight excluding hydrogens is 366 g/mol. The molecule has 0 atom stereocenters. The molecule has 3 rings (SSSR count). The van der Waals surface area contributed by atoms with Crippen LogP contribution in [-0.2, 0) is 0 Å². The fraction of sp³-hybridized carbons (Fsp3) is 0.278. The number of nitrogens with zero attached hydrogens (tertiary/aromatic N) is 2. The first-order chi connectivity index (χ1) is 12.0. The van der Waals surface area contributed by atoms with Crippen LogP contribution in [-0.4, -0.2) is 42.7 Å². The molecule has 1 amide bonds. The van der Waals surface area contributed by atoms with Gasteiger partial charge in [0.15, 0.2) is 0 Å². The summed E-state index contributed by atoms with van der Waals surface area (Å²) in [5.41, 5.74) is 1.57. The lowest BCUT2D eigenvalue weighted by Gasteiger charge is -2.36. The number of thioether (sulfide) groups is 1. The topological polar surface area (TPSA) is 23.6 Å². The SMILES string of the molecule is O=C(c1ccc(SC(F)F)cc1)N1CCN(c2cccc(Cl)c2)CC1. The van der Waals surface area contributed by atoms with Gasteiger partial charge in [-0.1, -0.05) is 29.4 Å². The molecule has 0 N–H and O–H groups in total. The van der Waals surface area contributed by atoms with Crippen LogP contribution in [0.25, 0.3) is 0 Å². The van der Waals surface area contributed by atoms with E-state index in [1.165, 1.54) is 0 Å². The lowest BCUT2D eigenvalue weighted by atomic mass is 10.1. The largest absolute Gasteiger partial charge is 0.368 e. The van der Waals surface area contributed by atoms with Gasteiger partial charge in [0.05, 0.1) is 0 Å². The third kappa shape index (κ3) is 4.64. The predicted molar refractivity (Wildman–Crippen MR) is 97.9 cm³/mol. The maximum atomic E-state index is 12.6. The van der Waals surface area contributed by atoms with Crippen molar-refractivity contribution in [2.75, 3.05) is 31.1 Å². The van der Waals surface area contributed by atoms with Gasteiger partial charge in [-0.3, -0.25) is 4.79 Å². The van der Waals surface area contributed by atoms with Crippen LogP contribution in [0.2, 0.25) is 5.02 Å². The van der Waals surface area contributed by atoms with Gasteiger partial charge in [-0.2, -0.15) is 8.78 Å². The fourth-order valence-electron chi connectivity index (χ4n) is 2.80. The Morgan fingerprint density at radius 1 is 1.04 bits per heavy atom. The first-order valence-electron chi connectivity index (χ1n) is 7.87. The number of piperazine rings is 1. The van der Waals surface area contributed by atoms with Gasteiger partial charge in [0.1, 0.15) is 0 Å². The predicted octanol–water partition coefficient (Wildman–Crippen LogP) is 4.62. The van der Waals surface area contributed by atoms with E-state index in [9.17, 15) is 13.6 Å². The Balaban J connectivity index is 1.59. The molecule has 0 aliphatic carbocycles. The van der Waals surface area contributed by atoms with Gasteiger partial charge < -0.3 is 9.80 Å². The molecule has 1 aliphatic heterocycles. The van der Waals surface area contributed by atoms with Crippen LogP contribution >= 0.6 is 23.4 Å². The molecule has 1 saturated heterocycles. The Bertz CT molecular complexity index is 734. The molecule has 0 aromatic heterocycles. The summed E-state index contributed by atoms with van der Waals surface area (Å²) in [6.45, 7) is 2.68. The van der Waals surface area contributed by atoms with Gasteiger partial charge in [0, 0.05) is 47.3 Å². The van der Waals surface area contributed by atoms with Gasteiger partial charge in [0.2, 0.25) is 0 Å². The smallest absolute Gasteiger partial charge is 0.288 e. The second kappa shape index (κ2) is 8.06. The Labute approximate surface area is 154 Å². The van der Waals surface area contributed by atoms with Gasteiger partial charge in [-0.25, -0.2) is 0 Å². The highest BCUT2D eigenvalue weighted by atomic mass is 35.5. The van der Waals surface area contributed by atoms with Gasteiger partial charge in [-0.05, 0) is 42.5 Å². The van der Waals surface area contributed by atoms with Crippen LogP contribution in [0, 0.1) is 0 Å². The summed E-state index contributed by atoms with van der Waals surface area (Å²) in [6.07, 6.45) is 0. The van der Waals surface area contributed by atoms with Crippen LogP contribution in [0.1, 0.15) is 10.4 Å². The van der Waals surface area contributed by atoms with Crippen LogP contribution in [0.5, 0.6) is 0 Å². The lowest BCUT2D eigenvalue weighted by Crippen LogP contribution is -2.48. The number of halogens is 3. The quantitative estimate of drug-likeness (QED) is 0.721. The highest BCUT2D eigenvalue weighted by Gasteiger charge is 2.22. The number of carbonyl (C=O) groups excluding carboxylic acids is 1. The maximum absolute atomic E-state index is 12.6. The second-order valence-corrected chi connectivity index (χ2v) is 7.16. The summed E-state index contributed by atoms with van der Waals surface area (Å²) in [6, 6.07) is 14.0. The van der Waals surface area contributed by atoms with E-state index in [2.05, 4.69) is 4.90 Å². The highest BCUT2D eigenvalue weighted by molar-refractivity contribution is 7.99. The summed E-state index contributed by atoms with van der Waals surface area (Å²) >= 11 is 6.51. The molecule has 7 heteroatoms. The average Bonchev–Trinajstić information content (AvgIpc) is 2.61. The summed E-state index contributed by atoms with van der Waals surface area (Å²) < 4.78 is 24.7. The minimum absolute atomic E-state index is 0.0701. The Hall–Kier alpha value is -1.79. The summed E-state index contributed by atoms with van der Waals surface area (Å²) in [5.74, 6) is -2.53. The van der Waals surface area contributed by atoms with Crippen molar-refractivity contribution in [1.82, 2.24) is 4.90 Å². The van der Waals surface area contributed by atoms with Crippen molar-refractivity contribution in [3.05, 3.63) is 59.1 Å². The van der Waals surface area contributed by atoms with E-state index in [0.29, 0.717) is 40.3 Å². The van der Waals surface area contributed by atoms with Crippen molar-refractivity contribution >= 4 is 35.0 Å². The number of amides is 1. The number of alkyl halides is 2. The monoisotopic (exact) mass is 382 g/mol. The van der Waals surface area contributed by atoms with Crippen molar-refractivity contribution in [3.63, 3.8) is 0 Å². The normalized spacial score (nSPS) is 14.9. The number of benzene rings is 2. The molecule has 2 aromatic rings. The van der Waals surface area contributed by atoms with Gasteiger partial charge in [-0.15, -0.1) is 0 Å². The molecule has 1 aliphatic rings. The molecule has 0 saturated carbocycles. The van der Waals surface area contributed by atoms with E-state index >= 15 is 0 Å². The lowest BCUT2D eigenvalue weighted by molar-refractivity contribution is 0.0746. The van der Waals surface area contributed by atoms with Gasteiger partial charge >= 0.3 is 0 Å². The summed E-state index contributed by atoms with van der Waals surface area (Å²) in [7, 11) is 0. The minimum atomic E-state index is -2.46. The highest BCUT2D eigenvalue weighted by Crippen LogP contribution is 2.26. The van der Waals surface area contributed by atoms with E-state index in [-0.39, 0.29) is 5.91 Å². The van der Waals surface area contributed by atoms with Crippen molar-refractivity contribution in [2.24, 2.45) is 0 Å². The molecule has 3 nitrogen and oxygen atoms in total. The van der Waals surface area contributed by atoms with Crippen molar-refractivity contribution in [3.8, 4) is 0 Å². The van der Waals surface area contributed by atoms with Crippen molar-refractivity contribution in [1.29, 1.82) is 0 Å². The zero-order valence-electron chi connectivity index (χ0n) is 13.4. The molecule has 25 heavy (non-hydrogen) atoms. The Morgan fingerprint density at radius 2 is 1.72 bits per heavy atom. The average molecular weight is 383 g/mol. The molecule has 0 unspecified atom stereocenters. The number of anilines is 1. The van der Waals surface area contributed by atoms with E-state index in [0.717, 1.165) is 18.8 Å². The third-order valence-corrected chi connectivity index (χ3v) is 5.02. The van der Waals surface area contributed by atoms with Crippen LogP contribution in [0.3, 0.4) is 0 Å². The number of hydrogen-bond donors (Lipinski definition) is 0. The number of hydrogen-bond acceptors (Lipinski definition) is 3. The molecule has 2 aromatic carbocycles. The zero-order valence-corrected chi connectivity index (χ0v) is 14.9. The molecule has 1 heterocycles. The minimum Gasteiger partial charge on any atom is -0.368 e. The Kier molecular flexibility index (Phi) is 5.81. The van der Waals surface area contributed by atoms with E-state index in [1.54, 1.807) is 29.2 Å². The number of rotatable bonds is 4. The summed E-state index contributed by atoms with van der Waals surface area (Å²) in [4.78, 5) is 17.0. The van der Waals surface area contributed by atoms with Crippen LogP contribution in [0.15, 0.2) is 53.4 Å². The second-order valence-electron chi connectivity index (χ2n) is 5.66. The van der Waals surface area contributed by atoms with E-state index in [1.807, 2.05) is 24.3 Å². The molecule has 0 radical (unpaired) electrons. The van der Waals surface area contributed by atoms with E-state index < -0.39 is 5.76 Å². The van der Waals surface area contributed by atoms with Gasteiger partial charge in [0.25, 0.3) is 11.7 Å². The van der Waals surface area contributed by atoms with Crippen molar-refractivity contribution < 1.29 is 13.6 Å². The maximum Gasteiger partial charge on any atom is 0.288 e. The molecule has 0 bridgehead atoms. The summed E-state index contributed by atoms with van der Waals surface area (Å²) in [5, 5.41) is 0.692. The van der Waals surface area contributed by atoms with Crippen LogP contribution < -0.4 is 4.90 Å².